The van der Waals surface area contributed by atoms with Crippen molar-refractivity contribution in [3.8, 4) is 0 Å². The van der Waals surface area contributed by atoms with E-state index in [4.69, 9.17) is 29.0 Å². The minimum atomic E-state index is -1.27. The van der Waals surface area contributed by atoms with Gasteiger partial charge in [0.25, 0.3) is 5.56 Å². The van der Waals surface area contributed by atoms with Crippen LogP contribution in [0.25, 0.3) is 0 Å². The number of aryl methyl sites for hydroxylation is 1. The molecular formula is C13H11Cl2N4O3S-. The molecule has 0 amide bonds. The second-order valence-corrected chi connectivity index (χ2v) is 6.29. The molecule has 7 nitrogen and oxygen atoms in total. The van der Waals surface area contributed by atoms with Crippen molar-refractivity contribution in [1.29, 1.82) is 0 Å². The lowest BCUT2D eigenvalue weighted by atomic mass is 10.2. The molecule has 0 saturated carbocycles. The van der Waals surface area contributed by atoms with Crippen LogP contribution < -0.4 is 16.5 Å². The Hall–Kier alpha value is -1.77. The highest BCUT2D eigenvalue weighted by atomic mass is 35.5. The first-order chi connectivity index (χ1) is 10.9. The molecule has 0 aliphatic rings. The van der Waals surface area contributed by atoms with Gasteiger partial charge in [-0.3, -0.25) is 4.79 Å². The molecule has 122 valence electrons. The van der Waals surface area contributed by atoms with Crippen LogP contribution in [0.5, 0.6) is 0 Å². The predicted molar refractivity (Wildman–Crippen MR) is 85.8 cm³/mol. The Kier molecular flexibility index (Phi) is 5.86. The molecule has 0 fully saturated rings. The van der Waals surface area contributed by atoms with Gasteiger partial charge in [0.15, 0.2) is 0 Å². The first-order valence-corrected chi connectivity index (χ1v) is 8.13. The third-order valence-electron chi connectivity index (χ3n) is 2.87. The number of carboxylic acids is 1. The molecule has 1 aromatic heterocycles. The van der Waals surface area contributed by atoms with Gasteiger partial charge in [-0.15, -0.1) is 10.2 Å². The Morgan fingerprint density at radius 3 is 2.74 bits per heavy atom. The second-order valence-electron chi connectivity index (χ2n) is 4.50. The normalized spacial score (nSPS) is 10.7. The number of halogens is 2. The fourth-order valence-corrected chi connectivity index (χ4v) is 3.09. The van der Waals surface area contributed by atoms with Gasteiger partial charge in [-0.25, -0.2) is 0 Å². The van der Waals surface area contributed by atoms with Gasteiger partial charge in [0, 0.05) is 28.2 Å². The zero-order valence-electron chi connectivity index (χ0n) is 11.7. The van der Waals surface area contributed by atoms with E-state index in [-0.39, 0.29) is 23.7 Å². The van der Waals surface area contributed by atoms with Crippen LogP contribution in [-0.4, -0.2) is 20.8 Å². The summed E-state index contributed by atoms with van der Waals surface area (Å²) < 4.78 is 0.839. The van der Waals surface area contributed by atoms with Gasteiger partial charge in [-0.05, 0) is 24.1 Å². The summed E-state index contributed by atoms with van der Waals surface area (Å²) in [7, 11) is 0. The molecule has 0 atom stereocenters. The SMILES string of the molecule is Nn1c(SCc2ccc(Cl)cc2Cl)nnc(CCC(=O)[O-])c1=O. The number of carbonyl (C=O) groups is 1. The Bertz CT molecular complexity index is 797. The van der Waals surface area contributed by atoms with E-state index >= 15 is 0 Å². The average Bonchev–Trinajstić information content (AvgIpc) is 2.49. The van der Waals surface area contributed by atoms with Crippen LogP contribution in [0.15, 0.2) is 28.2 Å². The number of hydrogen-bond acceptors (Lipinski definition) is 7. The molecule has 2 aromatic rings. The van der Waals surface area contributed by atoms with Crippen molar-refractivity contribution >= 4 is 40.9 Å². The summed E-state index contributed by atoms with van der Waals surface area (Å²) in [6, 6.07) is 5.08. The largest absolute Gasteiger partial charge is 0.550 e. The van der Waals surface area contributed by atoms with Gasteiger partial charge in [0.2, 0.25) is 5.16 Å². The van der Waals surface area contributed by atoms with Crippen LogP contribution in [0.4, 0.5) is 0 Å². The Labute approximate surface area is 145 Å². The number of nitrogens with two attached hydrogens (primary N) is 1. The highest BCUT2D eigenvalue weighted by Gasteiger charge is 2.12. The van der Waals surface area contributed by atoms with E-state index in [0.29, 0.717) is 15.8 Å². The maximum atomic E-state index is 12.0. The summed E-state index contributed by atoms with van der Waals surface area (Å²) in [5.41, 5.74) is 0.188. The van der Waals surface area contributed by atoms with E-state index in [2.05, 4.69) is 10.2 Å². The van der Waals surface area contributed by atoms with Crippen LogP contribution in [0.3, 0.4) is 0 Å². The number of hydrogen-bond donors (Lipinski definition) is 1. The summed E-state index contributed by atoms with van der Waals surface area (Å²) in [4.78, 5) is 22.4. The van der Waals surface area contributed by atoms with Gasteiger partial charge in [-0.1, -0.05) is 41.0 Å². The van der Waals surface area contributed by atoms with Crippen LogP contribution in [-0.2, 0) is 17.0 Å². The Morgan fingerprint density at radius 1 is 1.35 bits per heavy atom. The molecule has 2 rings (SSSR count). The van der Waals surface area contributed by atoms with Crippen molar-refractivity contribution in [1.82, 2.24) is 14.9 Å². The Balaban J connectivity index is 2.13. The summed E-state index contributed by atoms with van der Waals surface area (Å²) in [6.45, 7) is 0. The number of aromatic nitrogens is 3. The fourth-order valence-electron chi connectivity index (χ4n) is 1.68. The van der Waals surface area contributed by atoms with Gasteiger partial charge in [0.05, 0.1) is 0 Å². The number of rotatable bonds is 6. The molecule has 0 unspecified atom stereocenters. The zero-order chi connectivity index (χ0) is 17.0. The van der Waals surface area contributed by atoms with Crippen molar-refractivity contribution in [3.05, 3.63) is 49.9 Å². The Morgan fingerprint density at radius 2 is 2.09 bits per heavy atom. The molecular weight excluding hydrogens is 363 g/mol. The minimum absolute atomic E-state index is 0.0226. The third kappa shape index (κ3) is 4.60. The molecule has 0 saturated heterocycles. The number of nitrogens with zero attached hydrogens (tertiary/aromatic N) is 3. The fraction of sp³-hybridized carbons (Fsp3) is 0.231. The lowest BCUT2D eigenvalue weighted by Gasteiger charge is -2.08. The van der Waals surface area contributed by atoms with E-state index in [1.807, 2.05) is 0 Å². The minimum Gasteiger partial charge on any atom is -0.550 e. The standard InChI is InChI=1S/C13H12Cl2N4O3S/c14-8-2-1-7(9(15)5-8)6-23-13-18-17-10(3-4-11(20)21)12(22)19(13)16/h1-2,5H,3-4,6,16H2,(H,20,21)/p-1. The van der Waals surface area contributed by atoms with E-state index in [0.717, 1.165) is 10.2 Å². The van der Waals surface area contributed by atoms with Crippen molar-refractivity contribution in [2.75, 3.05) is 5.84 Å². The molecule has 10 heteroatoms. The molecule has 1 aromatic carbocycles. The van der Waals surface area contributed by atoms with E-state index in [9.17, 15) is 14.7 Å². The average molecular weight is 374 g/mol. The number of aliphatic carboxylic acids is 1. The molecule has 0 spiro atoms. The van der Waals surface area contributed by atoms with Gasteiger partial charge >= 0.3 is 0 Å². The van der Waals surface area contributed by atoms with E-state index < -0.39 is 11.5 Å². The van der Waals surface area contributed by atoms with Gasteiger partial charge < -0.3 is 15.7 Å². The zero-order valence-corrected chi connectivity index (χ0v) is 14.0. The summed E-state index contributed by atoms with van der Waals surface area (Å²) >= 11 is 13.1. The summed E-state index contributed by atoms with van der Waals surface area (Å²) in [5, 5.41) is 19.2. The van der Waals surface area contributed by atoms with Crippen molar-refractivity contribution in [2.45, 2.75) is 23.8 Å². The van der Waals surface area contributed by atoms with E-state index in [1.54, 1.807) is 18.2 Å². The quantitative estimate of drug-likeness (QED) is 0.583. The molecule has 0 aliphatic carbocycles. The highest BCUT2D eigenvalue weighted by Crippen LogP contribution is 2.26. The summed E-state index contributed by atoms with van der Waals surface area (Å²) in [6.07, 6.45) is -0.407. The lowest BCUT2D eigenvalue weighted by Crippen LogP contribution is -2.34. The first-order valence-electron chi connectivity index (χ1n) is 6.38. The lowest BCUT2D eigenvalue weighted by molar-refractivity contribution is -0.305. The van der Waals surface area contributed by atoms with Crippen LogP contribution >= 0.6 is 35.0 Å². The highest BCUT2D eigenvalue weighted by molar-refractivity contribution is 7.98. The van der Waals surface area contributed by atoms with Crippen molar-refractivity contribution in [3.63, 3.8) is 0 Å². The second kappa shape index (κ2) is 7.67. The molecule has 0 radical (unpaired) electrons. The molecule has 0 bridgehead atoms. The van der Waals surface area contributed by atoms with Crippen LogP contribution in [0, 0.1) is 0 Å². The van der Waals surface area contributed by atoms with Gasteiger partial charge in [-0.2, -0.15) is 4.68 Å². The molecule has 2 N–H and O–H groups in total. The summed E-state index contributed by atoms with van der Waals surface area (Å²) in [5.74, 6) is 4.82. The van der Waals surface area contributed by atoms with E-state index in [1.165, 1.54) is 11.8 Å². The molecule has 1 heterocycles. The predicted octanol–water partition coefficient (Wildman–Crippen LogP) is 0.634. The monoisotopic (exact) mass is 373 g/mol. The first kappa shape index (κ1) is 17.6. The van der Waals surface area contributed by atoms with Crippen molar-refractivity contribution in [2.24, 2.45) is 0 Å². The number of nitrogen functional groups attached to an aromatic ring is 1. The van der Waals surface area contributed by atoms with Gasteiger partial charge in [0.1, 0.15) is 5.69 Å². The van der Waals surface area contributed by atoms with Crippen molar-refractivity contribution < 1.29 is 9.90 Å². The number of carbonyl (C=O) groups excluding carboxylic acids is 1. The van der Waals surface area contributed by atoms with Crippen LogP contribution in [0.1, 0.15) is 17.7 Å². The molecule has 0 aliphatic heterocycles. The smallest absolute Gasteiger partial charge is 0.294 e. The number of thioether (sulfide) groups is 1. The number of carboxylic acid groups (broad SMARTS) is 1. The third-order valence-corrected chi connectivity index (χ3v) is 4.44. The van der Waals surface area contributed by atoms with Crippen LogP contribution in [0.2, 0.25) is 10.0 Å². The topological polar surface area (TPSA) is 114 Å². The maximum absolute atomic E-state index is 12.0. The maximum Gasteiger partial charge on any atom is 0.294 e. The molecule has 23 heavy (non-hydrogen) atoms. The number of benzene rings is 1.